The highest BCUT2D eigenvalue weighted by Crippen LogP contribution is 2.09. The van der Waals surface area contributed by atoms with E-state index in [1.165, 1.54) is 58.0 Å². The van der Waals surface area contributed by atoms with E-state index in [0.717, 1.165) is 6.67 Å². The number of nitrogens with zero attached hydrogens (tertiary/aromatic N) is 2. The predicted octanol–water partition coefficient (Wildman–Crippen LogP) is 2.55. The fourth-order valence-corrected chi connectivity index (χ4v) is 2.20. The van der Waals surface area contributed by atoms with Gasteiger partial charge in [-0.2, -0.15) is 0 Å². The quantitative estimate of drug-likeness (QED) is 0.590. The molecule has 2 nitrogen and oxygen atoms in total. The molecule has 1 aliphatic rings. The maximum atomic E-state index is 2.45. The van der Waals surface area contributed by atoms with Crippen LogP contribution in [0.2, 0.25) is 0 Å². The average molecular weight is 198 g/mol. The first-order valence-electron chi connectivity index (χ1n) is 6.16. The van der Waals surface area contributed by atoms with Crippen LogP contribution in [0.1, 0.15) is 44.9 Å². The van der Waals surface area contributed by atoms with Gasteiger partial charge >= 0.3 is 0 Å². The van der Waals surface area contributed by atoms with Crippen LogP contribution >= 0.6 is 0 Å². The van der Waals surface area contributed by atoms with Gasteiger partial charge in [0.2, 0.25) is 0 Å². The second kappa shape index (κ2) is 7.24. The van der Waals surface area contributed by atoms with Crippen molar-refractivity contribution >= 4 is 0 Å². The van der Waals surface area contributed by atoms with Crippen molar-refractivity contribution in [1.82, 2.24) is 9.80 Å². The van der Waals surface area contributed by atoms with Crippen molar-refractivity contribution in [3.63, 3.8) is 0 Å². The molecule has 0 spiro atoms. The lowest BCUT2D eigenvalue weighted by molar-refractivity contribution is 0.176. The van der Waals surface area contributed by atoms with Gasteiger partial charge in [-0.3, -0.25) is 9.80 Å². The highest BCUT2D eigenvalue weighted by Gasteiger charge is 2.04. The molecule has 0 aromatic rings. The minimum atomic E-state index is 1.14. The second-order valence-corrected chi connectivity index (χ2v) is 4.78. The Morgan fingerprint density at radius 1 is 0.571 bits per heavy atom. The van der Waals surface area contributed by atoms with Gasteiger partial charge in [0.1, 0.15) is 0 Å². The lowest BCUT2D eigenvalue weighted by Crippen LogP contribution is -2.34. The van der Waals surface area contributed by atoms with Crippen LogP contribution in [0.5, 0.6) is 0 Å². The summed E-state index contributed by atoms with van der Waals surface area (Å²) in [5.74, 6) is 0. The molecule has 2 heteroatoms. The van der Waals surface area contributed by atoms with Crippen molar-refractivity contribution in [1.29, 1.82) is 0 Å². The Morgan fingerprint density at radius 3 is 1.36 bits per heavy atom. The zero-order valence-corrected chi connectivity index (χ0v) is 9.97. The van der Waals surface area contributed by atoms with E-state index >= 15 is 0 Å². The molecular weight excluding hydrogens is 172 g/mol. The van der Waals surface area contributed by atoms with Crippen molar-refractivity contribution in [3.8, 4) is 0 Å². The molecule has 0 unspecified atom stereocenters. The van der Waals surface area contributed by atoms with Crippen molar-refractivity contribution in [2.24, 2.45) is 0 Å². The van der Waals surface area contributed by atoms with E-state index < -0.39 is 0 Å². The molecule has 0 aromatic heterocycles. The number of hydrogen-bond donors (Lipinski definition) is 0. The van der Waals surface area contributed by atoms with Gasteiger partial charge in [-0.15, -0.1) is 0 Å². The largest absolute Gasteiger partial charge is 0.294 e. The maximum absolute atomic E-state index is 2.45. The summed E-state index contributed by atoms with van der Waals surface area (Å²) in [7, 11) is 4.48. The minimum Gasteiger partial charge on any atom is -0.294 e. The lowest BCUT2D eigenvalue weighted by atomic mass is 10.1. The zero-order chi connectivity index (χ0) is 10.2. The van der Waals surface area contributed by atoms with Crippen LogP contribution in [0.15, 0.2) is 0 Å². The molecule has 1 aliphatic heterocycles. The van der Waals surface area contributed by atoms with Crippen molar-refractivity contribution in [2.45, 2.75) is 44.9 Å². The molecule has 0 amide bonds. The summed E-state index contributed by atoms with van der Waals surface area (Å²) in [6, 6.07) is 0. The fraction of sp³-hybridized carbons (Fsp3) is 1.00. The number of hydrogen-bond acceptors (Lipinski definition) is 2. The van der Waals surface area contributed by atoms with E-state index in [1.54, 1.807) is 0 Å². The third kappa shape index (κ3) is 5.61. The highest BCUT2D eigenvalue weighted by molar-refractivity contribution is 4.57. The molecule has 0 saturated carbocycles. The zero-order valence-electron chi connectivity index (χ0n) is 9.97. The van der Waals surface area contributed by atoms with Gasteiger partial charge < -0.3 is 0 Å². The highest BCUT2D eigenvalue weighted by atomic mass is 15.3. The van der Waals surface area contributed by atoms with Crippen LogP contribution < -0.4 is 0 Å². The van der Waals surface area contributed by atoms with Crippen LogP contribution in [-0.4, -0.2) is 43.7 Å². The molecular formula is C12H26N2. The van der Waals surface area contributed by atoms with E-state index in [-0.39, 0.29) is 0 Å². The minimum absolute atomic E-state index is 1.14. The SMILES string of the molecule is CN1CCCCCCCCCN(C)C1. The molecule has 84 valence electrons. The van der Waals surface area contributed by atoms with Crippen LogP contribution in [0.25, 0.3) is 0 Å². The third-order valence-electron chi connectivity index (χ3n) is 3.06. The van der Waals surface area contributed by atoms with Crippen LogP contribution in [0.3, 0.4) is 0 Å². The van der Waals surface area contributed by atoms with E-state index in [2.05, 4.69) is 23.9 Å². The molecule has 1 heterocycles. The summed E-state index contributed by atoms with van der Waals surface area (Å²) in [4.78, 5) is 4.89. The van der Waals surface area contributed by atoms with Gasteiger partial charge in [-0.05, 0) is 40.0 Å². The Balaban J connectivity index is 2.22. The second-order valence-electron chi connectivity index (χ2n) is 4.78. The summed E-state index contributed by atoms with van der Waals surface area (Å²) >= 11 is 0. The van der Waals surface area contributed by atoms with Crippen molar-refractivity contribution in [2.75, 3.05) is 33.9 Å². The lowest BCUT2D eigenvalue weighted by Gasteiger charge is -2.24. The first kappa shape index (κ1) is 12.0. The van der Waals surface area contributed by atoms with E-state index in [4.69, 9.17) is 0 Å². The third-order valence-corrected chi connectivity index (χ3v) is 3.06. The van der Waals surface area contributed by atoms with Gasteiger partial charge in [0.25, 0.3) is 0 Å². The summed E-state index contributed by atoms with van der Waals surface area (Å²) in [6.07, 6.45) is 9.96. The van der Waals surface area contributed by atoms with Gasteiger partial charge in [-0.25, -0.2) is 0 Å². The van der Waals surface area contributed by atoms with Crippen LogP contribution in [0, 0.1) is 0 Å². The molecule has 1 saturated heterocycles. The summed E-state index contributed by atoms with van der Waals surface area (Å²) in [6.45, 7) is 3.68. The topological polar surface area (TPSA) is 6.48 Å². The fourth-order valence-electron chi connectivity index (χ4n) is 2.20. The van der Waals surface area contributed by atoms with Crippen LogP contribution in [0.4, 0.5) is 0 Å². The molecule has 0 aliphatic carbocycles. The number of rotatable bonds is 0. The van der Waals surface area contributed by atoms with Crippen molar-refractivity contribution < 1.29 is 0 Å². The van der Waals surface area contributed by atoms with Gasteiger partial charge in [-0.1, -0.05) is 32.1 Å². The smallest absolute Gasteiger partial charge is 0.0500 e. The molecule has 0 radical (unpaired) electrons. The molecule has 1 fully saturated rings. The molecule has 0 bridgehead atoms. The first-order chi connectivity index (χ1) is 6.79. The average Bonchev–Trinajstić information content (AvgIpc) is 2.13. The van der Waals surface area contributed by atoms with Crippen molar-refractivity contribution in [3.05, 3.63) is 0 Å². The first-order valence-corrected chi connectivity index (χ1v) is 6.16. The van der Waals surface area contributed by atoms with E-state index in [1.807, 2.05) is 0 Å². The Hall–Kier alpha value is -0.0800. The molecule has 0 atom stereocenters. The Kier molecular flexibility index (Phi) is 6.20. The van der Waals surface area contributed by atoms with E-state index in [0.29, 0.717) is 0 Å². The Labute approximate surface area is 89.3 Å². The predicted molar refractivity (Wildman–Crippen MR) is 62.4 cm³/mol. The summed E-state index contributed by atoms with van der Waals surface area (Å²) < 4.78 is 0. The maximum Gasteiger partial charge on any atom is 0.0500 e. The Bertz CT molecular complexity index is 122. The molecule has 0 aromatic carbocycles. The summed E-state index contributed by atoms with van der Waals surface area (Å²) in [5, 5.41) is 0. The monoisotopic (exact) mass is 198 g/mol. The Morgan fingerprint density at radius 2 is 0.929 bits per heavy atom. The molecule has 0 N–H and O–H groups in total. The van der Waals surface area contributed by atoms with Crippen LogP contribution in [-0.2, 0) is 0 Å². The molecule has 1 rings (SSSR count). The van der Waals surface area contributed by atoms with Gasteiger partial charge in [0, 0.05) is 0 Å². The normalized spacial score (nSPS) is 25.3. The van der Waals surface area contributed by atoms with E-state index in [9.17, 15) is 0 Å². The molecule has 14 heavy (non-hydrogen) atoms. The standard InChI is InChI=1S/C12H26N2/c1-13-10-8-6-4-3-5-7-9-11-14(2)12-13/h3-12H2,1-2H3. The summed E-state index contributed by atoms with van der Waals surface area (Å²) in [5.41, 5.74) is 0. The van der Waals surface area contributed by atoms with Gasteiger partial charge in [0.05, 0.1) is 6.67 Å². The van der Waals surface area contributed by atoms with Gasteiger partial charge in [0.15, 0.2) is 0 Å².